The quantitative estimate of drug-likeness (QED) is 0.765. The van der Waals surface area contributed by atoms with Gasteiger partial charge in [0.05, 0.1) is 12.7 Å². The van der Waals surface area contributed by atoms with E-state index in [4.69, 9.17) is 0 Å². The first-order chi connectivity index (χ1) is 8.16. The van der Waals surface area contributed by atoms with Gasteiger partial charge in [0.25, 0.3) is 11.5 Å². The minimum absolute atomic E-state index is 0.193. The van der Waals surface area contributed by atoms with Crippen molar-refractivity contribution >= 4 is 5.91 Å². The topological polar surface area (TPSA) is 94.7 Å². The normalized spacial score (nSPS) is 10.2. The lowest BCUT2D eigenvalue weighted by molar-refractivity contribution is 0.0775. The Hall–Kier alpha value is -2.44. The van der Waals surface area contributed by atoms with Gasteiger partial charge in [-0.2, -0.15) is 0 Å². The Morgan fingerprint density at radius 2 is 2.24 bits per heavy atom. The lowest BCUT2D eigenvalue weighted by Gasteiger charge is -2.14. The van der Waals surface area contributed by atoms with Crippen LogP contribution in [0.15, 0.2) is 29.6 Å². The number of hydrogen-bond acceptors (Lipinski definition) is 4. The van der Waals surface area contributed by atoms with Gasteiger partial charge < -0.3 is 14.9 Å². The molecule has 2 rings (SSSR count). The summed E-state index contributed by atoms with van der Waals surface area (Å²) in [6.45, 7) is 0.354. The molecule has 0 aromatic carbocycles. The maximum Gasteiger partial charge on any atom is 0.274 e. The number of amides is 1. The van der Waals surface area contributed by atoms with Gasteiger partial charge in [-0.25, -0.2) is 9.97 Å². The van der Waals surface area contributed by atoms with E-state index in [1.807, 2.05) is 0 Å². The van der Waals surface area contributed by atoms with Gasteiger partial charge in [0.1, 0.15) is 11.5 Å². The minimum atomic E-state index is -0.338. The molecule has 0 aliphatic rings. The van der Waals surface area contributed by atoms with Crippen LogP contribution in [0.4, 0.5) is 0 Å². The van der Waals surface area contributed by atoms with Gasteiger partial charge in [-0.3, -0.25) is 9.59 Å². The molecular weight excluding hydrogens is 222 g/mol. The maximum absolute atomic E-state index is 11.9. The Kier molecular flexibility index (Phi) is 2.99. The van der Waals surface area contributed by atoms with E-state index in [1.165, 1.54) is 11.1 Å². The van der Waals surface area contributed by atoms with Gasteiger partial charge in [0.2, 0.25) is 0 Å². The Balaban J connectivity index is 2.09. The summed E-state index contributed by atoms with van der Waals surface area (Å²) in [6.07, 6.45) is 5.68. The van der Waals surface area contributed by atoms with E-state index in [-0.39, 0.29) is 17.2 Å². The van der Waals surface area contributed by atoms with Gasteiger partial charge in [0, 0.05) is 25.6 Å². The van der Waals surface area contributed by atoms with Gasteiger partial charge in [-0.1, -0.05) is 0 Å². The fourth-order valence-electron chi connectivity index (χ4n) is 1.34. The molecule has 0 fully saturated rings. The van der Waals surface area contributed by atoms with E-state index < -0.39 is 0 Å². The maximum atomic E-state index is 11.9. The van der Waals surface area contributed by atoms with E-state index in [2.05, 4.69) is 19.9 Å². The first kappa shape index (κ1) is 11.1. The van der Waals surface area contributed by atoms with Gasteiger partial charge in [-0.05, 0) is 0 Å². The molecule has 0 bridgehead atoms. The second-order valence-electron chi connectivity index (χ2n) is 3.49. The summed E-state index contributed by atoms with van der Waals surface area (Å²) in [5, 5.41) is 0. The van der Waals surface area contributed by atoms with Crippen LogP contribution in [0, 0.1) is 0 Å². The van der Waals surface area contributed by atoms with Crippen LogP contribution in [0.1, 0.15) is 16.3 Å². The summed E-state index contributed by atoms with van der Waals surface area (Å²) in [7, 11) is 1.64. The Morgan fingerprint density at radius 3 is 2.82 bits per heavy atom. The molecule has 88 valence electrons. The molecule has 0 aliphatic carbocycles. The largest absolute Gasteiger partial charge is 0.347 e. The number of aromatic amines is 2. The predicted molar refractivity (Wildman–Crippen MR) is 59.2 cm³/mol. The van der Waals surface area contributed by atoms with Crippen molar-refractivity contribution in [2.24, 2.45) is 0 Å². The molecule has 2 aromatic rings. The van der Waals surface area contributed by atoms with Crippen molar-refractivity contribution in [2.75, 3.05) is 7.05 Å². The highest BCUT2D eigenvalue weighted by molar-refractivity contribution is 5.91. The molecule has 17 heavy (non-hydrogen) atoms. The highest BCUT2D eigenvalue weighted by atomic mass is 16.2. The zero-order valence-corrected chi connectivity index (χ0v) is 9.17. The van der Waals surface area contributed by atoms with Crippen molar-refractivity contribution in [3.63, 3.8) is 0 Å². The summed E-state index contributed by atoms with van der Waals surface area (Å²) < 4.78 is 0. The standard InChI is InChI=1S/C10H11N5O2/c1-15(6-8-11-2-3-12-8)10(17)7-4-14-9(16)5-13-7/h2-5H,6H2,1H3,(H,11,12)(H,14,16). The molecule has 0 unspecified atom stereocenters. The Labute approximate surface area is 96.5 Å². The molecule has 2 N–H and O–H groups in total. The highest BCUT2D eigenvalue weighted by Gasteiger charge is 2.14. The van der Waals surface area contributed by atoms with E-state index in [9.17, 15) is 9.59 Å². The Bertz CT molecular complexity index is 540. The van der Waals surface area contributed by atoms with Gasteiger partial charge in [-0.15, -0.1) is 0 Å². The minimum Gasteiger partial charge on any atom is -0.347 e. The van der Waals surface area contributed by atoms with Crippen LogP contribution in [-0.2, 0) is 6.54 Å². The highest BCUT2D eigenvalue weighted by Crippen LogP contribution is 2.01. The van der Waals surface area contributed by atoms with Crippen LogP contribution in [-0.4, -0.2) is 37.8 Å². The molecule has 0 saturated heterocycles. The van der Waals surface area contributed by atoms with Gasteiger partial charge in [0.15, 0.2) is 0 Å². The van der Waals surface area contributed by atoms with Crippen LogP contribution in [0.2, 0.25) is 0 Å². The molecule has 0 saturated carbocycles. The molecule has 7 nitrogen and oxygen atoms in total. The first-order valence-corrected chi connectivity index (χ1v) is 4.95. The molecule has 2 heterocycles. The smallest absolute Gasteiger partial charge is 0.274 e. The number of nitrogens with one attached hydrogen (secondary N) is 2. The van der Waals surface area contributed by atoms with Crippen LogP contribution in [0.25, 0.3) is 0 Å². The molecule has 0 atom stereocenters. The number of H-pyrrole nitrogens is 2. The second kappa shape index (κ2) is 4.60. The lowest BCUT2D eigenvalue weighted by Crippen LogP contribution is -2.28. The number of aromatic nitrogens is 4. The molecule has 2 aromatic heterocycles. The Morgan fingerprint density at radius 1 is 1.41 bits per heavy atom. The number of carbonyl (C=O) groups is 1. The summed E-state index contributed by atoms with van der Waals surface area (Å²) in [4.78, 5) is 37.2. The van der Waals surface area contributed by atoms with Crippen molar-refractivity contribution < 1.29 is 4.79 Å². The predicted octanol–water partition coefficient (Wildman–Crippen LogP) is -0.235. The van der Waals surface area contributed by atoms with Crippen LogP contribution in [0.5, 0.6) is 0 Å². The van der Waals surface area contributed by atoms with Crippen molar-refractivity contribution in [3.8, 4) is 0 Å². The third kappa shape index (κ3) is 2.57. The first-order valence-electron chi connectivity index (χ1n) is 4.95. The van der Waals surface area contributed by atoms with Crippen molar-refractivity contribution in [3.05, 3.63) is 46.7 Å². The fraction of sp³-hybridized carbons (Fsp3) is 0.200. The van der Waals surface area contributed by atoms with Crippen LogP contribution >= 0.6 is 0 Å². The second-order valence-corrected chi connectivity index (χ2v) is 3.49. The zero-order valence-electron chi connectivity index (χ0n) is 9.17. The number of nitrogens with zero attached hydrogens (tertiary/aromatic N) is 3. The van der Waals surface area contributed by atoms with Crippen molar-refractivity contribution in [2.45, 2.75) is 6.54 Å². The molecular formula is C10H11N5O2. The number of carbonyl (C=O) groups excluding carboxylic acids is 1. The fourth-order valence-corrected chi connectivity index (χ4v) is 1.34. The van der Waals surface area contributed by atoms with Gasteiger partial charge >= 0.3 is 0 Å². The van der Waals surface area contributed by atoms with E-state index >= 15 is 0 Å². The third-order valence-electron chi connectivity index (χ3n) is 2.18. The number of rotatable bonds is 3. The summed E-state index contributed by atoms with van der Waals surface area (Å²) in [6, 6.07) is 0. The van der Waals surface area contributed by atoms with Crippen molar-refractivity contribution in [1.29, 1.82) is 0 Å². The zero-order chi connectivity index (χ0) is 12.3. The summed E-state index contributed by atoms with van der Waals surface area (Å²) in [5.74, 6) is 0.405. The van der Waals surface area contributed by atoms with Crippen molar-refractivity contribution in [1.82, 2.24) is 24.8 Å². The number of imidazole rings is 1. The van der Waals surface area contributed by atoms with E-state index in [0.717, 1.165) is 6.20 Å². The number of hydrogen-bond donors (Lipinski definition) is 2. The molecule has 7 heteroatoms. The van der Waals surface area contributed by atoms with Crippen LogP contribution in [0.3, 0.4) is 0 Å². The van der Waals surface area contributed by atoms with E-state index in [0.29, 0.717) is 12.4 Å². The third-order valence-corrected chi connectivity index (χ3v) is 2.18. The van der Waals surface area contributed by atoms with Crippen LogP contribution < -0.4 is 5.56 Å². The lowest BCUT2D eigenvalue weighted by atomic mass is 10.4. The monoisotopic (exact) mass is 233 g/mol. The molecule has 0 radical (unpaired) electrons. The molecule has 0 aliphatic heterocycles. The van der Waals surface area contributed by atoms with E-state index in [1.54, 1.807) is 19.4 Å². The average molecular weight is 233 g/mol. The average Bonchev–Trinajstić information content (AvgIpc) is 2.82. The summed E-state index contributed by atoms with van der Waals surface area (Å²) in [5.41, 5.74) is -0.145. The summed E-state index contributed by atoms with van der Waals surface area (Å²) >= 11 is 0. The molecule has 1 amide bonds. The molecule has 0 spiro atoms. The SMILES string of the molecule is CN(Cc1ncc[nH]1)C(=O)c1c[nH]c(=O)cn1.